The van der Waals surface area contributed by atoms with Crippen LogP contribution in [0.3, 0.4) is 0 Å². The Balaban J connectivity index is 1.70. The highest BCUT2D eigenvalue weighted by molar-refractivity contribution is 7.99. The van der Waals surface area contributed by atoms with Gasteiger partial charge >= 0.3 is 5.69 Å². The lowest BCUT2D eigenvalue weighted by Gasteiger charge is -2.22. The average Bonchev–Trinajstić information content (AvgIpc) is 3.09. The Hall–Kier alpha value is -2.02. The van der Waals surface area contributed by atoms with Crippen molar-refractivity contribution in [3.05, 3.63) is 40.3 Å². The van der Waals surface area contributed by atoms with E-state index in [1.807, 2.05) is 23.1 Å². The first-order valence-corrected chi connectivity index (χ1v) is 9.28. The largest absolute Gasteiger partial charge is 0.343 e. The molecule has 1 amide bonds. The van der Waals surface area contributed by atoms with E-state index in [0.717, 1.165) is 24.9 Å². The Morgan fingerprint density at radius 1 is 1.42 bits per heavy atom. The number of thioether (sulfide) groups is 1. The van der Waals surface area contributed by atoms with E-state index in [9.17, 15) is 9.59 Å². The van der Waals surface area contributed by atoms with E-state index in [4.69, 9.17) is 0 Å². The third-order valence-electron chi connectivity index (χ3n) is 4.26. The molecule has 1 atom stereocenters. The summed E-state index contributed by atoms with van der Waals surface area (Å²) in [5.74, 6) is 0.324. The van der Waals surface area contributed by atoms with Gasteiger partial charge in [0.05, 0.1) is 5.75 Å². The van der Waals surface area contributed by atoms with Crippen molar-refractivity contribution in [1.29, 1.82) is 0 Å². The summed E-state index contributed by atoms with van der Waals surface area (Å²) in [7, 11) is 0. The fourth-order valence-corrected chi connectivity index (χ4v) is 3.90. The van der Waals surface area contributed by atoms with E-state index in [1.54, 1.807) is 4.57 Å². The summed E-state index contributed by atoms with van der Waals surface area (Å²) in [5, 5.41) is 7.11. The van der Waals surface area contributed by atoms with Gasteiger partial charge in [-0.25, -0.2) is 9.89 Å². The first kappa shape index (κ1) is 16.8. The molecule has 1 aliphatic heterocycles. The number of fused-ring (bicyclic) bond motifs is 1. The molecule has 2 heterocycles. The molecule has 3 rings (SSSR count). The predicted molar refractivity (Wildman–Crippen MR) is 95.6 cm³/mol. The van der Waals surface area contributed by atoms with E-state index in [1.165, 1.54) is 17.3 Å². The molecule has 1 unspecified atom stereocenters. The van der Waals surface area contributed by atoms with Gasteiger partial charge in [-0.2, -0.15) is 0 Å². The number of nitrogens with one attached hydrogen (secondary N) is 1. The van der Waals surface area contributed by atoms with E-state index in [0.29, 0.717) is 11.7 Å². The van der Waals surface area contributed by atoms with Crippen LogP contribution in [0.1, 0.15) is 32.3 Å². The van der Waals surface area contributed by atoms with Gasteiger partial charge in [0.1, 0.15) is 0 Å². The number of rotatable bonds is 6. The first-order valence-electron chi connectivity index (χ1n) is 8.29. The zero-order valence-electron chi connectivity index (χ0n) is 14.0. The van der Waals surface area contributed by atoms with Crippen molar-refractivity contribution in [2.75, 3.05) is 10.7 Å². The Morgan fingerprint density at radius 2 is 2.21 bits per heavy atom. The second kappa shape index (κ2) is 7.25. The lowest BCUT2D eigenvalue weighted by molar-refractivity contribution is -0.116. The quantitative estimate of drug-likeness (QED) is 0.816. The fourth-order valence-electron chi connectivity index (χ4n) is 3.07. The molecule has 24 heavy (non-hydrogen) atoms. The number of hydrogen-bond donors (Lipinski definition) is 1. The molecule has 1 aliphatic rings. The lowest BCUT2D eigenvalue weighted by atomic mass is 10.1. The van der Waals surface area contributed by atoms with Crippen LogP contribution in [-0.2, 0) is 17.8 Å². The van der Waals surface area contributed by atoms with Gasteiger partial charge in [0, 0.05) is 18.3 Å². The summed E-state index contributed by atoms with van der Waals surface area (Å²) in [6.45, 7) is 4.77. The zero-order valence-corrected chi connectivity index (χ0v) is 14.8. The molecule has 6 nitrogen and oxygen atoms in total. The Morgan fingerprint density at radius 3 is 3.00 bits per heavy atom. The topological polar surface area (TPSA) is 71.0 Å². The molecule has 0 aliphatic carbocycles. The second-order valence-corrected chi connectivity index (χ2v) is 6.99. The van der Waals surface area contributed by atoms with Gasteiger partial charge in [-0.1, -0.05) is 43.3 Å². The van der Waals surface area contributed by atoms with E-state index >= 15 is 0 Å². The molecule has 0 radical (unpaired) electrons. The fraction of sp³-hybridized carbons (Fsp3) is 0.471. The zero-order chi connectivity index (χ0) is 17.1. The van der Waals surface area contributed by atoms with Gasteiger partial charge < -0.3 is 4.90 Å². The predicted octanol–water partition coefficient (Wildman–Crippen LogP) is 2.44. The number of aromatic amines is 1. The molecule has 2 aromatic rings. The molecule has 0 bridgehead atoms. The minimum atomic E-state index is -0.210. The molecule has 1 aromatic carbocycles. The molecular weight excluding hydrogens is 324 g/mol. The maximum absolute atomic E-state index is 12.7. The number of nitrogens with zero attached hydrogens (tertiary/aromatic N) is 3. The highest BCUT2D eigenvalue weighted by Gasteiger charge is 2.30. The molecule has 1 N–H and O–H groups in total. The number of amides is 1. The Bertz CT molecular complexity index is 783. The second-order valence-electron chi connectivity index (χ2n) is 6.05. The summed E-state index contributed by atoms with van der Waals surface area (Å²) >= 11 is 1.32. The molecule has 1 aromatic heterocycles. The number of carbonyl (C=O) groups is 1. The summed E-state index contributed by atoms with van der Waals surface area (Å²) in [6, 6.07) is 8.19. The number of benzene rings is 1. The number of para-hydroxylation sites is 1. The Labute approximate surface area is 145 Å². The third-order valence-corrected chi connectivity index (χ3v) is 5.22. The first-order chi connectivity index (χ1) is 11.6. The van der Waals surface area contributed by atoms with Crippen molar-refractivity contribution >= 4 is 23.4 Å². The number of carbonyl (C=O) groups excluding carboxylic acids is 1. The van der Waals surface area contributed by atoms with E-state index in [-0.39, 0.29) is 23.4 Å². The van der Waals surface area contributed by atoms with Gasteiger partial charge in [-0.05, 0) is 31.4 Å². The summed E-state index contributed by atoms with van der Waals surface area (Å²) in [5.41, 5.74) is 2.00. The smallest absolute Gasteiger partial charge is 0.308 e. The standard InChI is InChI=1S/C17H22N4O2S/c1-3-4-9-20-16(23)18-19-17(20)24-11-15(22)21-12(2)10-13-7-5-6-8-14(13)21/h5-8,12H,3-4,9-11H2,1-2H3,(H,18,23). The lowest BCUT2D eigenvalue weighted by Crippen LogP contribution is -2.37. The molecule has 0 fully saturated rings. The maximum Gasteiger partial charge on any atom is 0.343 e. The van der Waals surface area contributed by atoms with Crippen molar-refractivity contribution in [3.8, 4) is 0 Å². The highest BCUT2D eigenvalue weighted by atomic mass is 32.2. The van der Waals surface area contributed by atoms with Gasteiger partial charge in [0.15, 0.2) is 5.16 Å². The number of unbranched alkanes of at least 4 members (excludes halogenated alkanes) is 1. The Kier molecular flexibility index (Phi) is 5.08. The number of H-pyrrole nitrogens is 1. The molecule has 0 saturated carbocycles. The van der Waals surface area contributed by atoms with Crippen LogP contribution >= 0.6 is 11.8 Å². The summed E-state index contributed by atoms with van der Waals surface area (Å²) < 4.78 is 1.61. The van der Waals surface area contributed by atoms with Crippen molar-refractivity contribution in [2.24, 2.45) is 0 Å². The number of anilines is 1. The minimum Gasteiger partial charge on any atom is -0.308 e. The number of hydrogen-bond acceptors (Lipinski definition) is 4. The molecule has 7 heteroatoms. The van der Waals surface area contributed by atoms with Crippen molar-refractivity contribution in [2.45, 2.75) is 50.9 Å². The molecule has 128 valence electrons. The van der Waals surface area contributed by atoms with Crippen molar-refractivity contribution < 1.29 is 4.79 Å². The van der Waals surface area contributed by atoms with Crippen LogP contribution < -0.4 is 10.6 Å². The van der Waals surface area contributed by atoms with Crippen LogP contribution in [0, 0.1) is 0 Å². The van der Waals surface area contributed by atoms with Crippen LogP contribution in [0.5, 0.6) is 0 Å². The maximum atomic E-state index is 12.7. The molecule has 0 spiro atoms. The highest BCUT2D eigenvalue weighted by Crippen LogP contribution is 2.32. The normalized spacial score (nSPS) is 16.4. The molecule has 0 saturated heterocycles. The van der Waals surface area contributed by atoms with Crippen LogP contribution in [0.25, 0.3) is 0 Å². The summed E-state index contributed by atoms with van der Waals surface area (Å²) in [4.78, 5) is 26.4. The van der Waals surface area contributed by atoms with Gasteiger partial charge in [-0.15, -0.1) is 5.10 Å². The van der Waals surface area contributed by atoms with Crippen molar-refractivity contribution in [1.82, 2.24) is 14.8 Å². The van der Waals surface area contributed by atoms with Gasteiger partial charge in [0.2, 0.25) is 5.91 Å². The molecular formula is C17H22N4O2S. The van der Waals surface area contributed by atoms with Crippen LogP contribution in [0.15, 0.2) is 34.2 Å². The third kappa shape index (κ3) is 3.26. The minimum absolute atomic E-state index is 0.0509. The van der Waals surface area contributed by atoms with E-state index < -0.39 is 0 Å². The van der Waals surface area contributed by atoms with Crippen LogP contribution in [-0.4, -0.2) is 32.5 Å². The van der Waals surface area contributed by atoms with Gasteiger partial charge in [-0.3, -0.25) is 9.36 Å². The average molecular weight is 346 g/mol. The van der Waals surface area contributed by atoms with Gasteiger partial charge in [0.25, 0.3) is 0 Å². The summed E-state index contributed by atoms with van der Waals surface area (Å²) in [6.07, 6.45) is 2.80. The monoisotopic (exact) mass is 346 g/mol. The number of aromatic nitrogens is 3. The van der Waals surface area contributed by atoms with Crippen molar-refractivity contribution in [3.63, 3.8) is 0 Å². The SMILES string of the molecule is CCCCn1c(SCC(=O)N2c3ccccc3CC2C)n[nH]c1=O. The van der Waals surface area contributed by atoms with E-state index in [2.05, 4.69) is 30.1 Å². The van der Waals surface area contributed by atoms with Crippen LogP contribution in [0.2, 0.25) is 0 Å². The van der Waals surface area contributed by atoms with Crippen LogP contribution in [0.4, 0.5) is 5.69 Å².